The largest absolute Gasteiger partial charge is 0.497 e. The first-order valence-electron chi connectivity index (χ1n) is 9.43. The number of rotatable bonds is 6. The van der Waals surface area contributed by atoms with Crippen molar-refractivity contribution in [2.45, 2.75) is 13.0 Å². The molecular weight excluding hydrogens is 394 g/mol. The molecule has 1 saturated heterocycles. The number of nitrogens with one attached hydrogen (secondary N) is 2. The van der Waals surface area contributed by atoms with E-state index in [9.17, 15) is 4.79 Å². The molecule has 0 aromatic heterocycles. The summed E-state index contributed by atoms with van der Waals surface area (Å²) < 4.78 is 16.1. The van der Waals surface area contributed by atoms with Crippen LogP contribution in [0.2, 0.25) is 5.02 Å². The van der Waals surface area contributed by atoms with Gasteiger partial charge >= 0.3 is 6.03 Å². The van der Waals surface area contributed by atoms with Gasteiger partial charge in [-0.1, -0.05) is 11.6 Å². The van der Waals surface area contributed by atoms with Gasteiger partial charge in [0.1, 0.15) is 11.5 Å². The van der Waals surface area contributed by atoms with Crippen molar-refractivity contribution in [1.82, 2.24) is 5.32 Å². The highest BCUT2D eigenvalue weighted by Gasteiger charge is 2.19. The van der Waals surface area contributed by atoms with Gasteiger partial charge in [-0.15, -0.1) is 0 Å². The van der Waals surface area contributed by atoms with Crippen LogP contribution in [0.25, 0.3) is 0 Å². The number of anilines is 2. The van der Waals surface area contributed by atoms with Crippen LogP contribution in [0.5, 0.6) is 11.5 Å². The molecule has 1 aliphatic rings. The standard InChI is InChI=1S/C21H26ClN3O4/c1-14(17-13-16(27-2)5-7-20(17)28-3)23-21(26)24-18-12-15(22)4-6-19(18)25-8-10-29-11-9-25/h4-7,12-14H,8-11H2,1-3H3,(H2,23,24,26)/t14-/m0/s1. The molecule has 0 unspecified atom stereocenters. The number of nitrogens with zero attached hydrogens (tertiary/aromatic N) is 1. The van der Waals surface area contributed by atoms with Gasteiger partial charge in [-0.2, -0.15) is 0 Å². The topological polar surface area (TPSA) is 72.1 Å². The highest BCUT2D eigenvalue weighted by Crippen LogP contribution is 2.31. The third-order valence-electron chi connectivity index (χ3n) is 4.81. The molecular formula is C21H26ClN3O4. The molecule has 0 bridgehead atoms. The lowest BCUT2D eigenvalue weighted by Gasteiger charge is -2.30. The summed E-state index contributed by atoms with van der Waals surface area (Å²) in [7, 11) is 3.20. The van der Waals surface area contributed by atoms with E-state index in [4.69, 9.17) is 25.8 Å². The molecule has 2 aromatic carbocycles. The molecule has 1 atom stereocenters. The zero-order valence-electron chi connectivity index (χ0n) is 16.8. The molecule has 156 valence electrons. The van der Waals surface area contributed by atoms with Gasteiger partial charge in [-0.05, 0) is 43.3 Å². The highest BCUT2D eigenvalue weighted by molar-refractivity contribution is 6.31. The average molecular weight is 420 g/mol. The van der Waals surface area contributed by atoms with E-state index < -0.39 is 0 Å². The maximum Gasteiger partial charge on any atom is 0.319 e. The van der Waals surface area contributed by atoms with E-state index in [1.807, 2.05) is 37.3 Å². The number of ether oxygens (including phenoxy) is 3. The Morgan fingerprint density at radius 2 is 1.90 bits per heavy atom. The van der Waals surface area contributed by atoms with Gasteiger partial charge in [0.2, 0.25) is 0 Å². The number of amides is 2. The van der Waals surface area contributed by atoms with Crippen molar-refractivity contribution in [3.8, 4) is 11.5 Å². The van der Waals surface area contributed by atoms with E-state index in [-0.39, 0.29) is 12.1 Å². The second-order valence-corrected chi connectivity index (χ2v) is 7.13. The molecule has 0 aliphatic carbocycles. The van der Waals surface area contributed by atoms with Gasteiger partial charge in [-0.3, -0.25) is 0 Å². The predicted molar refractivity (Wildman–Crippen MR) is 115 cm³/mol. The van der Waals surface area contributed by atoms with Crippen LogP contribution < -0.4 is 25.0 Å². The van der Waals surface area contributed by atoms with Crippen molar-refractivity contribution in [2.75, 3.05) is 50.7 Å². The summed E-state index contributed by atoms with van der Waals surface area (Å²) in [5.41, 5.74) is 2.39. The minimum Gasteiger partial charge on any atom is -0.497 e. The summed E-state index contributed by atoms with van der Waals surface area (Å²) in [5.74, 6) is 1.37. The van der Waals surface area contributed by atoms with Crippen molar-refractivity contribution >= 4 is 29.0 Å². The van der Waals surface area contributed by atoms with Gasteiger partial charge in [0.15, 0.2) is 0 Å². The van der Waals surface area contributed by atoms with Crippen molar-refractivity contribution in [3.63, 3.8) is 0 Å². The molecule has 1 heterocycles. The average Bonchev–Trinajstić information content (AvgIpc) is 2.73. The monoisotopic (exact) mass is 419 g/mol. The quantitative estimate of drug-likeness (QED) is 0.738. The van der Waals surface area contributed by atoms with Crippen LogP contribution in [-0.2, 0) is 4.74 Å². The third-order valence-corrected chi connectivity index (χ3v) is 5.04. The Kier molecular flexibility index (Phi) is 7.06. The highest BCUT2D eigenvalue weighted by atomic mass is 35.5. The van der Waals surface area contributed by atoms with Gasteiger partial charge in [0.05, 0.1) is 44.8 Å². The molecule has 1 fully saturated rings. The van der Waals surface area contributed by atoms with Gasteiger partial charge in [-0.25, -0.2) is 4.79 Å². The number of morpholine rings is 1. The lowest BCUT2D eigenvalue weighted by atomic mass is 10.1. The number of carbonyl (C=O) groups excluding carboxylic acids is 1. The van der Waals surface area contributed by atoms with Crippen LogP contribution in [0.15, 0.2) is 36.4 Å². The predicted octanol–water partition coefficient (Wildman–Crippen LogP) is 4.08. The van der Waals surface area contributed by atoms with Crippen molar-refractivity contribution in [2.24, 2.45) is 0 Å². The van der Waals surface area contributed by atoms with Crippen LogP contribution >= 0.6 is 11.6 Å². The van der Waals surface area contributed by atoms with Crippen LogP contribution in [0.3, 0.4) is 0 Å². The maximum absolute atomic E-state index is 12.7. The molecule has 2 amide bonds. The molecule has 0 saturated carbocycles. The van der Waals surface area contributed by atoms with E-state index in [0.717, 1.165) is 24.3 Å². The summed E-state index contributed by atoms with van der Waals surface area (Å²) in [6.07, 6.45) is 0. The Balaban J connectivity index is 1.75. The minimum absolute atomic E-state index is 0.300. The molecule has 0 radical (unpaired) electrons. The molecule has 7 nitrogen and oxygen atoms in total. The Bertz CT molecular complexity index is 856. The van der Waals surface area contributed by atoms with E-state index in [1.54, 1.807) is 20.3 Å². The lowest BCUT2D eigenvalue weighted by molar-refractivity contribution is 0.123. The first-order valence-corrected chi connectivity index (χ1v) is 9.81. The summed E-state index contributed by atoms with van der Waals surface area (Å²) in [6, 6.07) is 10.3. The van der Waals surface area contributed by atoms with E-state index in [2.05, 4.69) is 15.5 Å². The Hall–Kier alpha value is -2.64. The van der Waals surface area contributed by atoms with E-state index in [0.29, 0.717) is 35.4 Å². The summed E-state index contributed by atoms with van der Waals surface area (Å²) in [5, 5.41) is 6.43. The second-order valence-electron chi connectivity index (χ2n) is 6.69. The van der Waals surface area contributed by atoms with Gasteiger partial charge in [0.25, 0.3) is 0 Å². The number of benzene rings is 2. The third kappa shape index (κ3) is 5.25. The first kappa shape index (κ1) is 21.1. The number of urea groups is 1. The van der Waals surface area contributed by atoms with Crippen LogP contribution in [0.4, 0.5) is 16.2 Å². The zero-order chi connectivity index (χ0) is 20.8. The minimum atomic E-state index is -0.334. The summed E-state index contributed by atoms with van der Waals surface area (Å²) in [6.45, 7) is 4.71. The second kappa shape index (κ2) is 9.71. The maximum atomic E-state index is 12.7. The molecule has 1 aliphatic heterocycles. The van der Waals surface area contributed by atoms with Gasteiger partial charge < -0.3 is 29.7 Å². The summed E-state index contributed by atoms with van der Waals surface area (Å²) >= 11 is 6.17. The fraction of sp³-hybridized carbons (Fsp3) is 0.381. The Morgan fingerprint density at radius 3 is 2.59 bits per heavy atom. The van der Waals surface area contributed by atoms with Gasteiger partial charge in [0, 0.05) is 23.7 Å². The number of hydrogen-bond donors (Lipinski definition) is 2. The Morgan fingerprint density at radius 1 is 1.14 bits per heavy atom. The van der Waals surface area contributed by atoms with Crippen LogP contribution in [-0.4, -0.2) is 46.6 Å². The van der Waals surface area contributed by atoms with Crippen molar-refractivity contribution in [1.29, 1.82) is 0 Å². The number of halogens is 1. The molecule has 2 N–H and O–H groups in total. The fourth-order valence-corrected chi connectivity index (χ4v) is 3.47. The number of hydrogen-bond acceptors (Lipinski definition) is 5. The number of methoxy groups -OCH3 is 2. The van der Waals surface area contributed by atoms with Crippen molar-refractivity contribution in [3.05, 3.63) is 47.0 Å². The normalized spacial score (nSPS) is 14.8. The van der Waals surface area contributed by atoms with E-state index >= 15 is 0 Å². The summed E-state index contributed by atoms with van der Waals surface area (Å²) in [4.78, 5) is 14.9. The fourth-order valence-electron chi connectivity index (χ4n) is 3.30. The van der Waals surface area contributed by atoms with Crippen LogP contribution in [0.1, 0.15) is 18.5 Å². The molecule has 8 heteroatoms. The molecule has 2 aromatic rings. The van der Waals surface area contributed by atoms with Crippen LogP contribution in [0, 0.1) is 0 Å². The molecule has 3 rings (SSSR count). The first-order chi connectivity index (χ1) is 14.0. The lowest BCUT2D eigenvalue weighted by Crippen LogP contribution is -2.37. The molecule has 29 heavy (non-hydrogen) atoms. The number of carbonyl (C=O) groups is 1. The molecule has 0 spiro atoms. The Labute approximate surface area is 175 Å². The van der Waals surface area contributed by atoms with E-state index in [1.165, 1.54) is 0 Å². The zero-order valence-corrected chi connectivity index (χ0v) is 17.6. The van der Waals surface area contributed by atoms with Crippen molar-refractivity contribution < 1.29 is 19.0 Å². The smallest absolute Gasteiger partial charge is 0.319 e. The SMILES string of the molecule is COc1ccc(OC)c([C@H](C)NC(=O)Nc2cc(Cl)ccc2N2CCOCC2)c1.